The highest BCUT2D eigenvalue weighted by Crippen LogP contribution is 2.43. The Bertz CT molecular complexity index is 645. The zero-order valence-electron chi connectivity index (χ0n) is 18.0. The molecule has 1 aromatic rings. The van der Waals surface area contributed by atoms with E-state index in [1.807, 2.05) is 31.2 Å². The number of likely N-dealkylation sites (N-methyl/N-ethyl adjacent to an activating group) is 1. The summed E-state index contributed by atoms with van der Waals surface area (Å²) in [7, 11) is 1.80. The van der Waals surface area contributed by atoms with Crippen LogP contribution < -0.4 is 4.90 Å². The van der Waals surface area contributed by atoms with Crippen LogP contribution in [-0.2, 0) is 15.0 Å². The number of anilines is 1. The monoisotopic (exact) mass is 403 g/mol. The van der Waals surface area contributed by atoms with Crippen molar-refractivity contribution < 1.29 is 9.59 Å². The highest BCUT2D eigenvalue weighted by Gasteiger charge is 2.46. The van der Waals surface area contributed by atoms with E-state index in [2.05, 4.69) is 6.92 Å². The van der Waals surface area contributed by atoms with E-state index in [0.717, 1.165) is 23.4 Å². The number of unbranched alkanes of at least 4 members (excludes halogenated alkanes) is 9. The second-order valence-corrected chi connectivity index (χ2v) is 9.44. The van der Waals surface area contributed by atoms with Crippen LogP contribution >= 0.6 is 11.8 Å². The number of nitrogens with zero attached hydrogens (tertiary/aromatic N) is 1. The van der Waals surface area contributed by atoms with Gasteiger partial charge in [-0.1, -0.05) is 94.7 Å². The van der Waals surface area contributed by atoms with Crippen LogP contribution in [0, 0.1) is 0 Å². The molecule has 3 nitrogen and oxygen atoms in total. The molecule has 0 aromatic heterocycles. The molecule has 1 aromatic carbocycles. The summed E-state index contributed by atoms with van der Waals surface area (Å²) in [4.78, 5) is 27.0. The van der Waals surface area contributed by atoms with Gasteiger partial charge in [0.05, 0.1) is 5.41 Å². The van der Waals surface area contributed by atoms with Crippen LogP contribution in [0.2, 0.25) is 0 Å². The Hall–Kier alpha value is -1.29. The average molecular weight is 404 g/mol. The molecule has 28 heavy (non-hydrogen) atoms. The summed E-state index contributed by atoms with van der Waals surface area (Å²) in [5.74, 6) is 0.901. The molecule has 156 valence electrons. The number of fused-ring (bicyclic) bond motifs is 1. The van der Waals surface area contributed by atoms with Crippen molar-refractivity contribution in [2.24, 2.45) is 0 Å². The minimum Gasteiger partial charge on any atom is -0.314 e. The van der Waals surface area contributed by atoms with Crippen molar-refractivity contribution in [2.45, 2.75) is 89.9 Å². The van der Waals surface area contributed by atoms with Gasteiger partial charge in [0.1, 0.15) is 0 Å². The molecule has 0 fully saturated rings. The third kappa shape index (κ3) is 6.10. The second kappa shape index (κ2) is 11.6. The quantitative estimate of drug-likeness (QED) is 0.353. The summed E-state index contributed by atoms with van der Waals surface area (Å²) in [6, 6.07) is 7.83. The van der Waals surface area contributed by atoms with Crippen molar-refractivity contribution in [1.82, 2.24) is 0 Å². The Morgan fingerprint density at radius 3 is 2.18 bits per heavy atom. The molecule has 0 radical (unpaired) electrons. The fourth-order valence-electron chi connectivity index (χ4n) is 4.11. The Kier molecular flexibility index (Phi) is 9.57. The maximum atomic E-state index is 12.7. The predicted octanol–water partition coefficient (Wildman–Crippen LogP) is 6.49. The first-order valence-electron chi connectivity index (χ1n) is 11.0. The van der Waals surface area contributed by atoms with E-state index in [0.29, 0.717) is 0 Å². The van der Waals surface area contributed by atoms with Gasteiger partial charge < -0.3 is 4.90 Å². The van der Waals surface area contributed by atoms with E-state index in [-0.39, 0.29) is 17.4 Å². The maximum absolute atomic E-state index is 12.7. The van der Waals surface area contributed by atoms with Gasteiger partial charge in [-0.3, -0.25) is 9.59 Å². The largest absolute Gasteiger partial charge is 0.314 e. The van der Waals surface area contributed by atoms with Gasteiger partial charge in [0.25, 0.3) is 0 Å². The van der Waals surface area contributed by atoms with Crippen LogP contribution in [0.1, 0.15) is 90.0 Å². The van der Waals surface area contributed by atoms with Crippen LogP contribution in [0.15, 0.2) is 24.3 Å². The third-order valence-electron chi connectivity index (χ3n) is 5.90. The number of para-hydroxylation sites is 1. The number of hydrogen-bond donors (Lipinski definition) is 0. The molecule has 0 N–H and O–H groups in total. The lowest BCUT2D eigenvalue weighted by atomic mass is 9.81. The van der Waals surface area contributed by atoms with Gasteiger partial charge in [-0.05, 0) is 25.0 Å². The zero-order valence-corrected chi connectivity index (χ0v) is 18.8. The molecule has 0 unspecified atom stereocenters. The second-order valence-electron chi connectivity index (χ2n) is 8.29. The Balaban J connectivity index is 1.62. The van der Waals surface area contributed by atoms with Crippen LogP contribution in [-0.4, -0.2) is 23.8 Å². The predicted molar refractivity (Wildman–Crippen MR) is 121 cm³/mol. The highest BCUT2D eigenvalue weighted by molar-refractivity contribution is 8.13. The maximum Gasteiger partial charge on any atom is 0.237 e. The first kappa shape index (κ1) is 23.0. The Morgan fingerprint density at radius 2 is 1.54 bits per heavy atom. The number of amides is 1. The fourth-order valence-corrected chi connectivity index (χ4v) is 5.08. The van der Waals surface area contributed by atoms with E-state index in [4.69, 9.17) is 0 Å². The molecular formula is C24H37NO2S. The SMILES string of the molecule is CCCCCCCCCCCCSC(=O)C[C@]1(C)C(=O)N(C)c2ccccc21. The Morgan fingerprint density at radius 1 is 0.964 bits per heavy atom. The van der Waals surface area contributed by atoms with E-state index >= 15 is 0 Å². The van der Waals surface area contributed by atoms with Gasteiger partial charge in [0, 0.05) is 24.9 Å². The van der Waals surface area contributed by atoms with Crippen molar-refractivity contribution in [3.63, 3.8) is 0 Å². The van der Waals surface area contributed by atoms with Gasteiger partial charge in [0.15, 0.2) is 5.12 Å². The molecule has 1 heterocycles. The van der Waals surface area contributed by atoms with Gasteiger partial charge in [0.2, 0.25) is 5.91 Å². The number of rotatable bonds is 13. The first-order chi connectivity index (χ1) is 13.5. The van der Waals surface area contributed by atoms with Crippen LogP contribution in [0.5, 0.6) is 0 Å². The summed E-state index contributed by atoms with van der Waals surface area (Å²) in [6.45, 7) is 4.17. The molecule has 1 atom stereocenters. The molecule has 1 aliphatic heterocycles. The number of carbonyl (C=O) groups is 2. The molecule has 4 heteroatoms. The molecule has 0 spiro atoms. The lowest BCUT2D eigenvalue weighted by molar-refractivity contribution is -0.125. The van der Waals surface area contributed by atoms with Crippen molar-refractivity contribution >= 4 is 28.5 Å². The zero-order chi connectivity index (χ0) is 20.4. The lowest BCUT2D eigenvalue weighted by Gasteiger charge is -2.22. The molecule has 2 rings (SSSR count). The van der Waals surface area contributed by atoms with Gasteiger partial charge >= 0.3 is 0 Å². The average Bonchev–Trinajstić information content (AvgIpc) is 2.88. The molecule has 0 saturated carbocycles. The Labute approximate surface area is 175 Å². The van der Waals surface area contributed by atoms with Crippen LogP contribution in [0.25, 0.3) is 0 Å². The van der Waals surface area contributed by atoms with Crippen molar-refractivity contribution in [3.05, 3.63) is 29.8 Å². The number of benzene rings is 1. The van der Waals surface area contributed by atoms with E-state index in [9.17, 15) is 9.59 Å². The molecular weight excluding hydrogens is 366 g/mol. The van der Waals surface area contributed by atoms with E-state index in [1.54, 1.807) is 11.9 Å². The summed E-state index contributed by atoms with van der Waals surface area (Å²) < 4.78 is 0. The van der Waals surface area contributed by atoms with Crippen molar-refractivity contribution in [3.8, 4) is 0 Å². The van der Waals surface area contributed by atoms with Crippen molar-refractivity contribution in [2.75, 3.05) is 17.7 Å². The topological polar surface area (TPSA) is 37.4 Å². The third-order valence-corrected chi connectivity index (χ3v) is 6.85. The summed E-state index contributed by atoms with van der Waals surface area (Å²) in [5.41, 5.74) is 1.20. The normalized spacial score (nSPS) is 18.5. The van der Waals surface area contributed by atoms with Gasteiger partial charge in [-0.2, -0.15) is 0 Å². The van der Waals surface area contributed by atoms with E-state index in [1.165, 1.54) is 69.5 Å². The van der Waals surface area contributed by atoms with Gasteiger partial charge in [-0.25, -0.2) is 0 Å². The minimum absolute atomic E-state index is 0.0292. The highest BCUT2D eigenvalue weighted by atomic mass is 32.2. The summed E-state index contributed by atoms with van der Waals surface area (Å²) in [5, 5.41) is 0.136. The molecule has 1 amide bonds. The van der Waals surface area contributed by atoms with Crippen LogP contribution in [0.4, 0.5) is 5.69 Å². The molecule has 0 bridgehead atoms. The summed E-state index contributed by atoms with van der Waals surface area (Å²) >= 11 is 1.41. The summed E-state index contributed by atoms with van der Waals surface area (Å²) in [6.07, 6.45) is 13.4. The smallest absolute Gasteiger partial charge is 0.237 e. The van der Waals surface area contributed by atoms with Crippen LogP contribution in [0.3, 0.4) is 0 Å². The first-order valence-corrected chi connectivity index (χ1v) is 12.0. The number of carbonyl (C=O) groups excluding carboxylic acids is 2. The number of hydrogen-bond acceptors (Lipinski definition) is 3. The van der Waals surface area contributed by atoms with Crippen molar-refractivity contribution in [1.29, 1.82) is 0 Å². The molecule has 1 aliphatic rings. The van der Waals surface area contributed by atoms with Gasteiger partial charge in [-0.15, -0.1) is 0 Å². The molecule has 0 saturated heterocycles. The number of thioether (sulfide) groups is 1. The molecule has 0 aliphatic carbocycles. The van der Waals surface area contributed by atoms with E-state index < -0.39 is 5.41 Å². The standard InChI is InChI=1S/C24H37NO2S/c1-4-5-6-7-8-9-10-11-12-15-18-28-22(26)19-24(2)20-16-13-14-17-21(20)25(3)23(24)27/h13-14,16-17H,4-12,15,18-19H2,1-3H3/t24-/m0/s1. The fraction of sp³-hybridized carbons (Fsp3) is 0.667. The lowest BCUT2D eigenvalue weighted by Crippen LogP contribution is -2.37. The minimum atomic E-state index is -0.715.